The van der Waals surface area contributed by atoms with Crippen molar-refractivity contribution in [3.63, 3.8) is 0 Å². The van der Waals surface area contributed by atoms with Gasteiger partial charge in [0.25, 0.3) is 5.56 Å². The minimum absolute atomic E-state index is 0.258. The van der Waals surface area contributed by atoms with Crippen LogP contribution in [0.3, 0.4) is 0 Å². The van der Waals surface area contributed by atoms with Crippen molar-refractivity contribution >= 4 is 20.5 Å². The van der Waals surface area contributed by atoms with E-state index in [1.165, 1.54) is 11.8 Å². The number of pyridine rings is 1. The predicted octanol–water partition coefficient (Wildman–Crippen LogP) is 3.32. The van der Waals surface area contributed by atoms with Gasteiger partial charge in [0.15, 0.2) is 0 Å². The molecule has 0 aliphatic rings. The van der Waals surface area contributed by atoms with Crippen molar-refractivity contribution in [2.75, 3.05) is 14.2 Å². The summed E-state index contributed by atoms with van der Waals surface area (Å²) in [5.74, 6) is 1.11. The summed E-state index contributed by atoms with van der Waals surface area (Å²) in [5.41, 5.74) is 0.529. The quantitative estimate of drug-likeness (QED) is 0.497. The summed E-state index contributed by atoms with van der Waals surface area (Å²) in [7, 11) is -0.166. The van der Waals surface area contributed by atoms with Crippen LogP contribution in [-0.2, 0) is 16.3 Å². The van der Waals surface area contributed by atoms with Crippen LogP contribution in [0.2, 0.25) is 0 Å². The second kappa shape index (κ2) is 8.19. The Morgan fingerprint density at radius 2 is 1.71 bits per heavy atom. The van der Waals surface area contributed by atoms with E-state index in [1.807, 2.05) is 6.07 Å². The van der Waals surface area contributed by atoms with Gasteiger partial charge >= 0.3 is 0 Å². The molecule has 0 aliphatic heterocycles. The van der Waals surface area contributed by atoms with Gasteiger partial charge in [-0.2, -0.15) is 5.10 Å². The summed E-state index contributed by atoms with van der Waals surface area (Å²) >= 11 is 0. The van der Waals surface area contributed by atoms with Crippen LogP contribution in [0.4, 0.5) is 0 Å². The molecule has 1 atom stereocenters. The highest BCUT2D eigenvalue weighted by Gasteiger charge is 2.15. The van der Waals surface area contributed by atoms with Crippen molar-refractivity contribution in [2.45, 2.75) is 16.3 Å². The summed E-state index contributed by atoms with van der Waals surface area (Å²) in [6, 6.07) is 14.8. The number of methoxy groups -OCH3 is 2. The molecule has 0 radical (unpaired) electrons. The van der Waals surface area contributed by atoms with Gasteiger partial charge in [0.05, 0.1) is 42.1 Å². The molecule has 1 unspecified atom stereocenters. The van der Waals surface area contributed by atoms with Crippen LogP contribution in [0.15, 0.2) is 81.6 Å². The van der Waals surface area contributed by atoms with Gasteiger partial charge < -0.3 is 9.47 Å². The maximum absolute atomic E-state index is 13.2. The molecule has 0 amide bonds. The van der Waals surface area contributed by atoms with Gasteiger partial charge in [-0.3, -0.25) is 4.79 Å². The van der Waals surface area contributed by atoms with Crippen LogP contribution < -0.4 is 15.0 Å². The fourth-order valence-electron chi connectivity index (χ4n) is 3.16. The van der Waals surface area contributed by atoms with Crippen LogP contribution in [0, 0.1) is 4.78 Å². The summed E-state index contributed by atoms with van der Waals surface area (Å²) in [6.07, 6.45) is 3.17. The van der Waals surface area contributed by atoms with Gasteiger partial charge in [-0.25, -0.2) is 18.7 Å². The van der Waals surface area contributed by atoms with E-state index in [4.69, 9.17) is 14.3 Å². The van der Waals surface area contributed by atoms with Crippen LogP contribution in [0.25, 0.3) is 10.8 Å². The second-order valence-electron chi connectivity index (χ2n) is 6.80. The Bertz CT molecular complexity index is 1400. The Labute approximate surface area is 179 Å². The highest BCUT2D eigenvalue weighted by Crippen LogP contribution is 2.25. The second-order valence-corrected chi connectivity index (χ2v) is 8.85. The first-order valence-electron chi connectivity index (χ1n) is 9.34. The monoisotopic (exact) mass is 436 g/mol. The number of aromatic nitrogens is 3. The van der Waals surface area contributed by atoms with Gasteiger partial charge in [-0.1, -0.05) is 6.07 Å². The topological polar surface area (TPSA) is 107 Å². The Morgan fingerprint density at radius 3 is 2.35 bits per heavy atom. The molecule has 4 rings (SSSR count). The molecule has 0 saturated carbocycles. The Morgan fingerprint density at radius 1 is 0.968 bits per heavy atom. The summed E-state index contributed by atoms with van der Waals surface area (Å²) in [4.78, 5) is 17.7. The molecular formula is C22H20N4O4S. The zero-order valence-corrected chi connectivity index (χ0v) is 17.8. The largest absolute Gasteiger partial charge is 0.497 e. The zero-order valence-electron chi connectivity index (χ0n) is 16.9. The number of hydrogen-bond acceptors (Lipinski definition) is 7. The molecule has 0 spiro atoms. The molecule has 0 saturated heterocycles. The van der Waals surface area contributed by atoms with E-state index >= 15 is 0 Å². The highest BCUT2D eigenvalue weighted by atomic mass is 32.2. The van der Waals surface area contributed by atoms with Crippen molar-refractivity contribution in [3.05, 3.63) is 82.9 Å². The maximum atomic E-state index is 13.2. The van der Waals surface area contributed by atoms with Crippen LogP contribution in [-0.4, -0.2) is 33.2 Å². The molecule has 0 fully saturated rings. The number of ether oxygens (including phenoxy) is 2. The van der Waals surface area contributed by atoms with E-state index in [9.17, 15) is 9.00 Å². The van der Waals surface area contributed by atoms with E-state index < -0.39 is 9.73 Å². The molecule has 9 heteroatoms. The van der Waals surface area contributed by atoms with Gasteiger partial charge in [0.1, 0.15) is 15.5 Å². The maximum Gasteiger partial charge on any atom is 0.274 e. The third-order valence-electron chi connectivity index (χ3n) is 4.89. The smallest absolute Gasteiger partial charge is 0.274 e. The first kappa shape index (κ1) is 20.5. The molecule has 158 valence electrons. The third kappa shape index (κ3) is 3.99. The number of benzene rings is 2. The zero-order chi connectivity index (χ0) is 22.0. The molecule has 31 heavy (non-hydrogen) atoms. The first-order valence-corrected chi connectivity index (χ1v) is 10.9. The third-order valence-corrected chi connectivity index (χ3v) is 6.74. The molecule has 0 bridgehead atoms. The Balaban J connectivity index is 1.68. The molecule has 2 aromatic heterocycles. The molecule has 2 aromatic carbocycles. The minimum atomic E-state index is -3.25. The number of hydrogen-bond donors (Lipinski definition) is 1. The predicted molar refractivity (Wildman–Crippen MR) is 116 cm³/mol. The SMILES string of the molecule is COc1ccc(S(=N)(=O)c2ccc3c(=O)n(Cc4ccc(OC)nc4)ncc3c2)cc1. The fraction of sp³-hybridized carbons (Fsp3) is 0.136. The molecule has 8 nitrogen and oxygen atoms in total. The van der Waals surface area contributed by atoms with Crippen molar-refractivity contribution < 1.29 is 13.7 Å². The molecular weight excluding hydrogens is 416 g/mol. The number of nitrogens with zero attached hydrogens (tertiary/aromatic N) is 3. The van der Waals surface area contributed by atoms with Gasteiger partial charge in [-0.15, -0.1) is 0 Å². The summed E-state index contributed by atoms with van der Waals surface area (Å²) in [5, 5.41) is 5.20. The van der Waals surface area contributed by atoms with Crippen LogP contribution in [0.5, 0.6) is 11.6 Å². The lowest BCUT2D eigenvalue weighted by molar-refractivity contribution is 0.397. The van der Waals surface area contributed by atoms with Gasteiger partial charge in [-0.05, 0) is 48.0 Å². The average molecular weight is 436 g/mol. The average Bonchev–Trinajstić information content (AvgIpc) is 2.81. The van der Waals surface area contributed by atoms with Crippen molar-refractivity contribution in [3.8, 4) is 11.6 Å². The lowest BCUT2D eigenvalue weighted by Crippen LogP contribution is -2.23. The Kier molecular flexibility index (Phi) is 5.43. The minimum Gasteiger partial charge on any atom is -0.497 e. The summed E-state index contributed by atoms with van der Waals surface area (Å²) < 4.78 is 33.1. The van der Waals surface area contributed by atoms with Crippen LogP contribution in [0.1, 0.15) is 5.56 Å². The first-order chi connectivity index (χ1) is 14.9. The van der Waals surface area contributed by atoms with Crippen LogP contribution >= 0.6 is 0 Å². The number of rotatable bonds is 6. The molecule has 2 heterocycles. The fourth-order valence-corrected chi connectivity index (χ4v) is 4.50. The lowest BCUT2D eigenvalue weighted by Gasteiger charge is -2.11. The van der Waals surface area contributed by atoms with E-state index in [1.54, 1.807) is 68.0 Å². The van der Waals surface area contributed by atoms with Crippen molar-refractivity contribution in [1.29, 1.82) is 4.78 Å². The van der Waals surface area contributed by atoms with E-state index in [-0.39, 0.29) is 12.1 Å². The van der Waals surface area contributed by atoms with Crippen molar-refractivity contribution in [2.24, 2.45) is 0 Å². The molecule has 0 aliphatic carbocycles. The van der Waals surface area contributed by atoms with E-state index in [0.29, 0.717) is 32.2 Å². The number of fused-ring (bicyclic) bond motifs is 1. The summed E-state index contributed by atoms with van der Waals surface area (Å²) in [6.45, 7) is 0.258. The van der Waals surface area contributed by atoms with E-state index in [0.717, 1.165) is 5.56 Å². The standard InChI is InChI=1S/C22H20N4O4S/c1-29-17-4-6-18(7-5-17)31(23,28)19-8-9-20-16(11-19)13-25-26(22(20)27)14-15-3-10-21(30-2)24-12-15/h3-13,23H,14H2,1-2H3. The Hall–Kier alpha value is -3.72. The van der Waals surface area contributed by atoms with Gasteiger partial charge in [0, 0.05) is 17.6 Å². The molecule has 4 aromatic rings. The normalized spacial score (nSPS) is 13.0. The molecule has 1 N–H and O–H groups in total. The highest BCUT2D eigenvalue weighted by molar-refractivity contribution is 7.92. The lowest BCUT2D eigenvalue weighted by atomic mass is 10.2. The van der Waals surface area contributed by atoms with Crippen molar-refractivity contribution in [1.82, 2.24) is 14.8 Å². The number of nitrogens with one attached hydrogen (secondary N) is 1. The van der Waals surface area contributed by atoms with Gasteiger partial charge in [0.2, 0.25) is 5.88 Å². The van der Waals surface area contributed by atoms with E-state index in [2.05, 4.69) is 10.1 Å².